The fraction of sp³-hybridized carbons (Fsp3) is 0.429. The van der Waals surface area contributed by atoms with Crippen LogP contribution >= 0.6 is 0 Å². The molecule has 1 unspecified atom stereocenters. The Morgan fingerprint density at radius 2 is 1.56 bits per heavy atom. The second kappa shape index (κ2) is 9.06. The highest BCUT2D eigenvalue weighted by molar-refractivity contribution is 5.55. The molecule has 1 atom stereocenters. The lowest BCUT2D eigenvalue weighted by Crippen LogP contribution is -2.33. The number of hydrogen-bond acceptors (Lipinski definition) is 5. The van der Waals surface area contributed by atoms with E-state index in [0.717, 1.165) is 43.7 Å². The summed E-state index contributed by atoms with van der Waals surface area (Å²) in [5.41, 5.74) is 2.06. The number of rotatable bonds is 6. The van der Waals surface area contributed by atoms with E-state index < -0.39 is 0 Å². The summed E-state index contributed by atoms with van der Waals surface area (Å²) in [6.45, 7) is 3.77. The summed E-state index contributed by atoms with van der Waals surface area (Å²) < 4.78 is 30.1. The molecule has 0 saturated carbocycles. The molecule has 1 heterocycles. The van der Waals surface area contributed by atoms with Gasteiger partial charge in [-0.3, -0.25) is 4.90 Å². The van der Waals surface area contributed by atoms with Crippen LogP contribution in [0.25, 0.3) is 0 Å². The second-order valence-corrected chi connectivity index (χ2v) is 6.55. The van der Waals surface area contributed by atoms with Crippen LogP contribution in [0.15, 0.2) is 36.4 Å². The summed E-state index contributed by atoms with van der Waals surface area (Å²) in [7, 11) is 4.83. The third kappa shape index (κ3) is 4.34. The van der Waals surface area contributed by atoms with Gasteiger partial charge in [-0.15, -0.1) is 0 Å². The van der Waals surface area contributed by atoms with Crippen LogP contribution in [-0.4, -0.2) is 52.4 Å². The molecule has 0 bridgehead atoms. The van der Waals surface area contributed by atoms with Crippen LogP contribution in [0.4, 0.5) is 4.39 Å². The van der Waals surface area contributed by atoms with Gasteiger partial charge in [0.1, 0.15) is 5.82 Å². The summed E-state index contributed by atoms with van der Waals surface area (Å²) in [4.78, 5) is 2.41. The van der Waals surface area contributed by atoms with Crippen molar-refractivity contribution in [3.8, 4) is 17.2 Å². The Labute approximate surface area is 160 Å². The monoisotopic (exact) mass is 374 g/mol. The molecule has 2 aromatic carbocycles. The zero-order valence-corrected chi connectivity index (χ0v) is 16.1. The molecule has 1 aliphatic heterocycles. The lowest BCUT2D eigenvalue weighted by molar-refractivity contribution is 0.239. The standard InChI is InChI=1S/C21H27FN2O3/c1-25-18-13-16(14-19(26-2)21(18)27-3)20(15-5-7-17(22)8-6-15)24-11-4-9-23-10-12-24/h5-8,13-14,20,23H,4,9-12H2,1-3H3. The molecule has 0 radical (unpaired) electrons. The van der Waals surface area contributed by atoms with Crippen LogP contribution in [-0.2, 0) is 0 Å². The first-order valence-electron chi connectivity index (χ1n) is 9.18. The Hall–Kier alpha value is -2.31. The number of halogens is 1. The number of nitrogens with one attached hydrogen (secondary N) is 1. The molecule has 0 spiro atoms. The summed E-state index contributed by atoms with van der Waals surface area (Å²) in [6.07, 6.45) is 1.06. The van der Waals surface area contributed by atoms with E-state index in [1.165, 1.54) is 12.1 Å². The fourth-order valence-corrected chi connectivity index (χ4v) is 3.64. The van der Waals surface area contributed by atoms with E-state index in [1.54, 1.807) is 21.3 Å². The maximum atomic E-state index is 13.5. The minimum absolute atomic E-state index is 0.0285. The molecule has 1 aliphatic rings. The first-order chi connectivity index (χ1) is 13.2. The van der Waals surface area contributed by atoms with Crippen molar-refractivity contribution in [2.24, 2.45) is 0 Å². The molecule has 27 heavy (non-hydrogen) atoms. The number of hydrogen-bond donors (Lipinski definition) is 1. The normalized spacial score (nSPS) is 16.4. The molecular weight excluding hydrogens is 347 g/mol. The van der Waals surface area contributed by atoms with E-state index >= 15 is 0 Å². The van der Waals surface area contributed by atoms with Crippen molar-refractivity contribution in [1.29, 1.82) is 0 Å². The zero-order valence-electron chi connectivity index (χ0n) is 16.1. The Balaban J connectivity index is 2.10. The summed E-state index contributed by atoms with van der Waals surface area (Å²) in [5.74, 6) is 1.57. The smallest absolute Gasteiger partial charge is 0.203 e. The summed E-state index contributed by atoms with van der Waals surface area (Å²) >= 11 is 0. The van der Waals surface area contributed by atoms with Crippen molar-refractivity contribution >= 4 is 0 Å². The first-order valence-corrected chi connectivity index (χ1v) is 9.18. The molecule has 3 rings (SSSR count). The molecule has 0 amide bonds. The van der Waals surface area contributed by atoms with Crippen molar-refractivity contribution in [2.45, 2.75) is 12.5 Å². The van der Waals surface area contributed by atoms with Crippen LogP contribution in [0.3, 0.4) is 0 Å². The van der Waals surface area contributed by atoms with E-state index in [4.69, 9.17) is 14.2 Å². The molecular formula is C21H27FN2O3. The van der Waals surface area contributed by atoms with Crippen LogP contribution < -0.4 is 19.5 Å². The molecule has 1 fully saturated rings. The van der Waals surface area contributed by atoms with Crippen molar-refractivity contribution in [1.82, 2.24) is 10.2 Å². The molecule has 0 aliphatic carbocycles. The van der Waals surface area contributed by atoms with Crippen molar-refractivity contribution in [2.75, 3.05) is 47.5 Å². The van der Waals surface area contributed by atoms with Gasteiger partial charge in [0.15, 0.2) is 11.5 Å². The Bertz CT molecular complexity index is 719. The van der Waals surface area contributed by atoms with Gasteiger partial charge in [0, 0.05) is 19.6 Å². The highest BCUT2D eigenvalue weighted by Gasteiger charge is 2.26. The molecule has 5 nitrogen and oxygen atoms in total. The second-order valence-electron chi connectivity index (χ2n) is 6.55. The quantitative estimate of drug-likeness (QED) is 0.841. The van der Waals surface area contributed by atoms with E-state index in [1.807, 2.05) is 24.3 Å². The predicted octanol–water partition coefficient (Wildman–Crippen LogP) is 3.24. The minimum atomic E-state index is -0.236. The summed E-state index contributed by atoms with van der Waals surface area (Å²) in [5, 5.41) is 3.44. The highest BCUT2D eigenvalue weighted by atomic mass is 19.1. The number of methoxy groups -OCH3 is 3. The average molecular weight is 374 g/mol. The fourth-order valence-electron chi connectivity index (χ4n) is 3.64. The van der Waals surface area contributed by atoms with Gasteiger partial charge in [-0.2, -0.15) is 0 Å². The zero-order chi connectivity index (χ0) is 19.2. The first kappa shape index (κ1) is 19.5. The van der Waals surface area contributed by atoms with Crippen molar-refractivity contribution in [3.05, 3.63) is 53.3 Å². The van der Waals surface area contributed by atoms with Crippen molar-refractivity contribution < 1.29 is 18.6 Å². The van der Waals surface area contributed by atoms with Gasteiger partial charge in [0.2, 0.25) is 5.75 Å². The number of benzene rings is 2. The molecule has 0 aromatic heterocycles. The Morgan fingerprint density at radius 3 is 2.15 bits per heavy atom. The van der Waals surface area contributed by atoms with Crippen LogP contribution in [0, 0.1) is 5.82 Å². The van der Waals surface area contributed by atoms with E-state index in [0.29, 0.717) is 17.2 Å². The van der Waals surface area contributed by atoms with Crippen LogP contribution in [0.2, 0.25) is 0 Å². The molecule has 146 valence electrons. The van der Waals surface area contributed by atoms with Gasteiger partial charge in [0.25, 0.3) is 0 Å². The SMILES string of the molecule is COc1cc(C(c2ccc(F)cc2)N2CCCNCC2)cc(OC)c1OC. The molecule has 1 N–H and O–H groups in total. The van der Waals surface area contributed by atoms with Gasteiger partial charge in [0.05, 0.1) is 27.4 Å². The third-order valence-corrected chi connectivity index (χ3v) is 4.93. The summed E-state index contributed by atoms with van der Waals surface area (Å²) in [6, 6.07) is 10.6. The average Bonchev–Trinajstić information content (AvgIpc) is 2.98. The molecule has 6 heteroatoms. The number of ether oxygens (including phenoxy) is 3. The van der Waals surface area contributed by atoms with Gasteiger partial charge >= 0.3 is 0 Å². The lowest BCUT2D eigenvalue weighted by Gasteiger charge is -2.32. The van der Waals surface area contributed by atoms with Crippen LogP contribution in [0.1, 0.15) is 23.6 Å². The topological polar surface area (TPSA) is 43.0 Å². The van der Waals surface area contributed by atoms with E-state index in [9.17, 15) is 4.39 Å². The van der Waals surface area contributed by atoms with Gasteiger partial charge in [-0.1, -0.05) is 12.1 Å². The largest absolute Gasteiger partial charge is 0.493 e. The van der Waals surface area contributed by atoms with Gasteiger partial charge in [-0.25, -0.2) is 4.39 Å². The minimum Gasteiger partial charge on any atom is -0.493 e. The molecule has 1 saturated heterocycles. The Kier molecular flexibility index (Phi) is 6.53. The van der Waals surface area contributed by atoms with Crippen LogP contribution in [0.5, 0.6) is 17.2 Å². The molecule has 2 aromatic rings. The van der Waals surface area contributed by atoms with Crippen molar-refractivity contribution in [3.63, 3.8) is 0 Å². The third-order valence-electron chi connectivity index (χ3n) is 4.93. The highest BCUT2D eigenvalue weighted by Crippen LogP contribution is 2.42. The predicted molar refractivity (Wildman–Crippen MR) is 103 cm³/mol. The van der Waals surface area contributed by atoms with Gasteiger partial charge in [-0.05, 0) is 48.4 Å². The van der Waals surface area contributed by atoms with E-state index in [-0.39, 0.29) is 11.9 Å². The lowest BCUT2D eigenvalue weighted by atomic mass is 9.95. The number of nitrogens with zero attached hydrogens (tertiary/aromatic N) is 1. The maximum Gasteiger partial charge on any atom is 0.203 e. The van der Waals surface area contributed by atoms with E-state index in [2.05, 4.69) is 10.2 Å². The Morgan fingerprint density at radius 1 is 0.889 bits per heavy atom. The van der Waals surface area contributed by atoms with Gasteiger partial charge < -0.3 is 19.5 Å². The maximum absolute atomic E-state index is 13.5.